The number of phenolic OH excluding ortho intramolecular Hbond substituents is 2. The van der Waals surface area contributed by atoms with Crippen LogP contribution in [-0.2, 0) is 6.54 Å². The first-order valence-electron chi connectivity index (χ1n) is 4.09. The van der Waals surface area contributed by atoms with Crippen LogP contribution < -0.4 is 0 Å². The van der Waals surface area contributed by atoms with Crippen LogP contribution in [0.1, 0.15) is 6.92 Å². The van der Waals surface area contributed by atoms with E-state index in [9.17, 15) is 10.2 Å². The van der Waals surface area contributed by atoms with Gasteiger partial charge in [-0.2, -0.15) is 0 Å². The highest BCUT2D eigenvalue weighted by molar-refractivity contribution is 5.79. The number of aromatic hydroxyl groups is 2. The highest BCUT2D eigenvalue weighted by Crippen LogP contribution is 2.29. The Balaban J connectivity index is 2.77. The van der Waals surface area contributed by atoms with E-state index in [-0.39, 0.29) is 11.5 Å². The molecule has 0 saturated carbocycles. The van der Waals surface area contributed by atoms with Gasteiger partial charge in [0.25, 0.3) is 0 Å². The van der Waals surface area contributed by atoms with Gasteiger partial charge in [0.2, 0.25) is 0 Å². The molecular weight excluding hydrogens is 168 g/mol. The number of imidazole rings is 1. The molecule has 0 bridgehead atoms. The Morgan fingerprint density at radius 3 is 2.69 bits per heavy atom. The minimum absolute atomic E-state index is 0.109. The van der Waals surface area contributed by atoms with Crippen LogP contribution in [0.5, 0.6) is 11.5 Å². The summed E-state index contributed by atoms with van der Waals surface area (Å²) in [5.41, 5.74) is 1.52. The number of fused-ring (bicyclic) bond motifs is 1. The lowest BCUT2D eigenvalue weighted by Gasteiger charge is -2.00. The SMILES string of the molecule is CCn1cnc2cc(O)c(O)cc21. The molecular formula is C9H10N2O2. The van der Waals surface area contributed by atoms with Crippen LogP contribution in [-0.4, -0.2) is 19.8 Å². The maximum absolute atomic E-state index is 9.26. The first-order valence-corrected chi connectivity index (χ1v) is 4.09. The molecule has 1 heterocycles. The lowest BCUT2D eigenvalue weighted by molar-refractivity contribution is 0.404. The largest absolute Gasteiger partial charge is 0.504 e. The monoisotopic (exact) mass is 178 g/mol. The first-order chi connectivity index (χ1) is 6.22. The summed E-state index contributed by atoms with van der Waals surface area (Å²) in [5, 5.41) is 18.5. The average Bonchev–Trinajstić information content (AvgIpc) is 2.48. The number of rotatable bonds is 1. The molecule has 2 rings (SSSR count). The molecule has 0 unspecified atom stereocenters. The summed E-state index contributed by atoms with van der Waals surface area (Å²) in [4.78, 5) is 4.08. The van der Waals surface area contributed by atoms with Crippen molar-refractivity contribution in [3.8, 4) is 11.5 Å². The Morgan fingerprint density at radius 2 is 2.00 bits per heavy atom. The summed E-state index contributed by atoms with van der Waals surface area (Å²) >= 11 is 0. The Labute approximate surface area is 75.1 Å². The zero-order valence-electron chi connectivity index (χ0n) is 7.23. The standard InChI is InChI=1S/C9H10N2O2/c1-2-11-5-10-6-3-8(12)9(13)4-7(6)11/h3-5,12-13H,2H2,1H3. The molecule has 2 N–H and O–H groups in total. The number of benzene rings is 1. The van der Waals surface area contributed by atoms with Crippen LogP contribution in [0.4, 0.5) is 0 Å². The van der Waals surface area contributed by atoms with Gasteiger partial charge in [-0.1, -0.05) is 0 Å². The molecule has 13 heavy (non-hydrogen) atoms. The molecule has 0 aliphatic heterocycles. The third-order valence-corrected chi connectivity index (χ3v) is 2.06. The highest BCUT2D eigenvalue weighted by Gasteiger charge is 2.06. The number of nitrogens with zero attached hydrogens (tertiary/aromatic N) is 2. The van der Waals surface area contributed by atoms with Crippen LogP contribution >= 0.6 is 0 Å². The fourth-order valence-electron chi connectivity index (χ4n) is 1.33. The van der Waals surface area contributed by atoms with Gasteiger partial charge < -0.3 is 14.8 Å². The first kappa shape index (κ1) is 7.91. The maximum atomic E-state index is 9.26. The molecule has 0 fully saturated rings. The Morgan fingerprint density at radius 1 is 1.31 bits per heavy atom. The average molecular weight is 178 g/mol. The lowest BCUT2D eigenvalue weighted by Crippen LogP contribution is -1.89. The molecule has 4 nitrogen and oxygen atoms in total. The normalized spacial score (nSPS) is 10.8. The van der Waals surface area contributed by atoms with Crippen LogP contribution in [0.15, 0.2) is 18.5 Å². The van der Waals surface area contributed by atoms with E-state index >= 15 is 0 Å². The second-order valence-electron chi connectivity index (χ2n) is 2.86. The Kier molecular flexibility index (Phi) is 1.62. The fourth-order valence-corrected chi connectivity index (χ4v) is 1.33. The molecule has 4 heteroatoms. The molecule has 0 aliphatic carbocycles. The molecule has 0 radical (unpaired) electrons. The zero-order chi connectivity index (χ0) is 9.42. The molecule has 0 amide bonds. The van der Waals surface area contributed by atoms with E-state index in [0.29, 0.717) is 5.52 Å². The lowest BCUT2D eigenvalue weighted by atomic mass is 10.2. The van der Waals surface area contributed by atoms with Gasteiger partial charge in [0, 0.05) is 18.7 Å². The summed E-state index contributed by atoms with van der Waals surface area (Å²) in [6.45, 7) is 2.78. The van der Waals surface area contributed by atoms with Crippen LogP contribution in [0.2, 0.25) is 0 Å². The van der Waals surface area contributed by atoms with Gasteiger partial charge in [0.1, 0.15) is 0 Å². The molecule has 1 aromatic carbocycles. The fraction of sp³-hybridized carbons (Fsp3) is 0.222. The summed E-state index contributed by atoms with van der Waals surface area (Å²) < 4.78 is 1.90. The van der Waals surface area contributed by atoms with Crippen LogP contribution in [0, 0.1) is 0 Å². The van der Waals surface area contributed by atoms with E-state index in [1.54, 1.807) is 6.33 Å². The van der Waals surface area contributed by atoms with Crippen molar-refractivity contribution in [3.63, 3.8) is 0 Å². The van der Waals surface area contributed by atoms with Gasteiger partial charge in [0.15, 0.2) is 11.5 Å². The van der Waals surface area contributed by atoms with Gasteiger partial charge in [-0.25, -0.2) is 4.98 Å². The molecule has 1 aromatic heterocycles. The second-order valence-corrected chi connectivity index (χ2v) is 2.86. The van der Waals surface area contributed by atoms with E-state index in [1.165, 1.54) is 12.1 Å². The van der Waals surface area contributed by atoms with Crippen molar-refractivity contribution in [3.05, 3.63) is 18.5 Å². The van der Waals surface area contributed by atoms with Crippen LogP contribution in [0.25, 0.3) is 11.0 Å². The number of aryl methyl sites for hydroxylation is 1. The van der Waals surface area contributed by atoms with E-state index in [1.807, 2.05) is 11.5 Å². The predicted molar refractivity (Wildman–Crippen MR) is 48.7 cm³/mol. The number of hydrogen-bond donors (Lipinski definition) is 2. The van der Waals surface area contributed by atoms with Gasteiger partial charge in [-0.15, -0.1) is 0 Å². The number of aromatic nitrogens is 2. The van der Waals surface area contributed by atoms with E-state index in [4.69, 9.17) is 0 Å². The van der Waals surface area contributed by atoms with Crippen molar-refractivity contribution in [2.24, 2.45) is 0 Å². The van der Waals surface area contributed by atoms with Gasteiger partial charge in [-0.3, -0.25) is 0 Å². The molecule has 0 spiro atoms. The molecule has 0 saturated heterocycles. The quantitative estimate of drug-likeness (QED) is 0.650. The molecule has 2 aromatic rings. The van der Waals surface area contributed by atoms with Crippen molar-refractivity contribution in [1.29, 1.82) is 0 Å². The summed E-state index contributed by atoms with van der Waals surface area (Å²) in [6.07, 6.45) is 1.68. The topological polar surface area (TPSA) is 58.3 Å². The molecule has 0 aliphatic rings. The molecule has 68 valence electrons. The third kappa shape index (κ3) is 1.11. The van der Waals surface area contributed by atoms with Gasteiger partial charge in [-0.05, 0) is 6.92 Å². The summed E-state index contributed by atoms with van der Waals surface area (Å²) in [7, 11) is 0. The second kappa shape index (κ2) is 2.65. The zero-order valence-corrected chi connectivity index (χ0v) is 7.23. The van der Waals surface area contributed by atoms with Crippen molar-refractivity contribution in [1.82, 2.24) is 9.55 Å². The highest BCUT2D eigenvalue weighted by atomic mass is 16.3. The predicted octanol–water partition coefficient (Wildman–Crippen LogP) is 1.47. The minimum Gasteiger partial charge on any atom is -0.504 e. The van der Waals surface area contributed by atoms with Crippen LogP contribution in [0.3, 0.4) is 0 Å². The van der Waals surface area contributed by atoms with Crippen molar-refractivity contribution < 1.29 is 10.2 Å². The Bertz CT molecular complexity index is 448. The summed E-state index contributed by atoms with van der Waals surface area (Å²) in [5.74, 6) is -0.239. The smallest absolute Gasteiger partial charge is 0.159 e. The van der Waals surface area contributed by atoms with Crippen molar-refractivity contribution in [2.45, 2.75) is 13.5 Å². The minimum atomic E-state index is -0.131. The van der Waals surface area contributed by atoms with Gasteiger partial charge in [0.05, 0.1) is 17.4 Å². The van der Waals surface area contributed by atoms with E-state index in [2.05, 4.69) is 4.98 Å². The Hall–Kier alpha value is -1.71. The number of phenols is 2. The molecule has 0 atom stereocenters. The van der Waals surface area contributed by atoms with Crippen molar-refractivity contribution >= 4 is 11.0 Å². The van der Waals surface area contributed by atoms with Crippen molar-refractivity contribution in [2.75, 3.05) is 0 Å². The summed E-state index contributed by atoms with van der Waals surface area (Å²) in [6, 6.07) is 2.97. The van der Waals surface area contributed by atoms with Gasteiger partial charge >= 0.3 is 0 Å². The van der Waals surface area contributed by atoms with E-state index in [0.717, 1.165) is 12.1 Å². The third-order valence-electron chi connectivity index (χ3n) is 2.06. The maximum Gasteiger partial charge on any atom is 0.159 e. The number of hydrogen-bond acceptors (Lipinski definition) is 3. The van der Waals surface area contributed by atoms with E-state index < -0.39 is 0 Å².